The minimum Gasteiger partial charge on any atom is -0.483 e. The molecule has 0 spiro atoms. The van der Waals surface area contributed by atoms with Gasteiger partial charge in [-0.3, -0.25) is 4.79 Å². The van der Waals surface area contributed by atoms with Gasteiger partial charge in [-0.05, 0) is 87.4 Å². The Morgan fingerprint density at radius 3 is 2.45 bits per heavy atom. The summed E-state index contributed by atoms with van der Waals surface area (Å²) in [6.07, 6.45) is 3.79. The van der Waals surface area contributed by atoms with Crippen molar-refractivity contribution in [3.8, 4) is 5.75 Å². The summed E-state index contributed by atoms with van der Waals surface area (Å²) in [6, 6.07) is 9.69. The summed E-state index contributed by atoms with van der Waals surface area (Å²) in [7, 11) is 0. The van der Waals surface area contributed by atoms with Gasteiger partial charge in [0.05, 0.1) is 0 Å². The lowest BCUT2D eigenvalue weighted by Gasteiger charge is -2.18. The molecule has 1 heterocycles. The highest BCUT2D eigenvalue weighted by Gasteiger charge is 2.20. The molecule has 0 bridgehead atoms. The molecule has 1 aromatic heterocycles. The Hall–Kier alpha value is -3.08. The van der Waals surface area contributed by atoms with E-state index in [2.05, 4.69) is 11.4 Å². The third-order valence-corrected chi connectivity index (χ3v) is 5.45. The summed E-state index contributed by atoms with van der Waals surface area (Å²) in [5.74, 6) is 0.313. The fourth-order valence-corrected chi connectivity index (χ4v) is 4.17. The SMILES string of the molecule is Cc1cc(C)cc(NC(=O)COc2ccc3c4c(c(=O)oc3c2C)CCCC4)c1. The minimum atomic E-state index is -0.250. The summed E-state index contributed by atoms with van der Waals surface area (Å²) in [5, 5.41) is 3.84. The van der Waals surface area contributed by atoms with E-state index in [0.717, 1.165) is 64.6 Å². The third-order valence-electron chi connectivity index (χ3n) is 5.45. The largest absolute Gasteiger partial charge is 0.483 e. The van der Waals surface area contributed by atoms with Crippen molar-refractivity contribution in [3.63, 3.8) is 0 Å². The van der Waals surface area contributed by atoms with Crippen molar-refractivity contribution in [1.82, 2.24) is 0 Å². The van der Waals surface area contributed by atoms with Crippen molar-refractivity contribution in [2.45, 2.75) is 46.5 Å². The molecule has 150 valence electrons. The van der Waals surface area contributed by atoms with Crippen molar-refractivity contribution in [3.05, 3.63) is 68.6 Å². The van der Waals surface area contributed by atoms with Crippen LogP contribution in [0.15, 0.2) is 39.5 Å². The Balaban J connectivity index is 1.54. The molecular formula is C24H25NO4. The van der Waals surface area contributed by atoms with E-state index in [0.29, 0.717) is 11.3 Å². The molecule has 0 radical (unpaired) electrons. The monoisotopic (exact) mass is 391 g/mol. The van der Waals surface area contributed by atoms with Crippen LogP contribution in [-0.4, -0.2) is 12.5 Å². The zero-order valence-electron chi connectivity index (χ0n) is 17.1. The standard InChI is InChI=1S/C24H25NO4/c1-14-10-15(2)12-17(11-14)25-22(26)13-28-21-9-8-19-18-6-4-5-7-20(18)24(27)29-23(19)16(21)3/h8-12H,4-7,13H2,1-3H3,(H,25,26). The number of carbonyl (C=O) groups is 1. The van der Waals surface area contributed by atoms with Crippen molar-refractivity contribution in [2.24, 2.45) is 0 Å². The van der Waals surface area contributed by atoms with Crippen LogP contribution in [0.5, 0.6) is 5.75 Å². The van der Waals surface area contributed by atoms with Gasteiger partial charge in [0.15, 0.2) is 6.61 Å². The average Bonchev–Trinajstić information content (AvgIpc) is 2.67. The highest BCUT2D eigenvalue weighted by Crippen LogP contribution is 2.32. The predicted molar refractivity (Wildman–Crippen MR) is 114 cm³/mol. The van der Waals surface area contributed by atoms with Gasteiger partial charge in [-0.25, -0.2) is 4.79 Å². The third kappa shape index (κ3) is 3.90. The van der Waals surface area contributed by atoms with Crippen molar-refractivity contribution in [1.29, 1.82) is 0 Å². The van der Waals surface area contributed by atoms with Crippen molar-refractivity contribution in [2.75, 3.05) is 11.9 Å². The predicted octanol–water partition coefficient (Wildman–Crippen LogP) is 4.61. The van der Waals surface area contributed by atoms with E-state index in [1.165, 1.54) is 0 Å². The molecule has 1 amide bonds. The molecule has 2 aromatic carbocycles. The maximum absolute atomic E-state index is 12.4. The number of carbonyl (C=O) groups excluding carboxylic acids is 1. The highest BCUT2D eigenvalue weighted by atomic mass is 16.5. The Bertz CT molecular complexity index is 1140. The number of fused-ring (bicyclic) bond motifs is 3. The second-order valence-electron chi connectivity index (χ2n) is 7.83. The van der Waals surface area contributed by atoms with Gasteiger partial charge in [-0.15, -0.1) is 0 Å². The van der Waals surface area contributed by atoms with Crippen LogP contribution in [0.25, 0.3) is 11.0 Å². The molecule has 4 rings (SSSR count). The molecule has 0 saturated carbocycles. The molecule has 5 nitrogen and oxygen atoms in total. The smallest absolute Gasteiger partial charge is 0.339 e. The fourth-order valence-electron chi connectivity index (χ4n) is 4.17. The number of benzene rings is 2. The van der Waals surface area contributed by atoms with Crippen molar-refractivity contribution >= 4 is 22.6 Å². The first kappa shape index (κ1) is 19.2. The van der Waals surface area contributed by atoms with Crippen molar-refractivity contribution < 1.29 is 13.9 Å². The maximum atomic E-state index is 12.4. The van der Waals surface area contributed by atoms with Gasteiger partial charge in [0.1, 0.15) is 11.3 Å². The number of hydrogen-bond acceptors (Lipinski definition) is 4. The van der Waals surface area contributed by atoms with Crippen LogP contribution in [0.2, 0.25) is 0 Å². The normalized spacial score (nSPS) is 13.2. The Kier molecular flexibility index (Phi) is 5.14. The second kappa shape index (κ2) is 7.74. The molecule has 0 unspecified atom stereocenters. The topological polar surface area (TPSA) is 68.5 Å². The summed E-state index contributed by atoms with van der Waals surface area (Å²) < 4.78 is 11.4. The number of aryl methyl sites for hydroxylation is 4. The van der Waals surface area contributed by atoms with Gasteiger partial charge in [-0.1, -0.05) is 6.07 Å². The second-order valence-corrected chi connectivity index (χ2v) is 7.83. The quantitative estimate of drug-likeness (QED) is 0.659. The molecular weight excluding hydrogens is 366 g/mol. The number of ether oxygens (including phenoxy) is 1. The zero-order valence-corrected chi connectivity index (χ0v) is 17.1. The first-order chi connectivity index (χ1) is 13.9. The average molecular weight is 391 g/mol. The van der Waals surface area contributed by atoms with Crippen LogP contribution in [0.3, 0.4) is 0 Å². The van der Waals surface area contributed by atoms with Crippen LogP contribution < -0.4 is 15.7 Å². The molecule has 29 heavy (non-hydrogen) atoms. The van der Waals surface area contributed by atoms with E-state index in [1.807, 2.05) is 45.0 Å². The van der Waals surface area contributed by atoms with Crippen LogP contribution in [-0.2, 0) is 17.6 Å². The van der Waals surface area contributed by atoms with Gasteiger partial charge < -0.3 is 14.5 Å². The number of nitrogens with one attached hydrogen (secondary N) is 1. The fraction of sp³-hybridized carbons (Fsp3) is 0.333. The van der Waals surface area contributed by atoms with E-state index in [1.54, 1.807) is 0 Å². The number of rotatable bonds is 4. The lowest BCUT2D eigenvalue weighted by molar-refractivity contribution is -0.118. The molecule has 1 aliphatic carbocycles. The van der Waals surface area contributed by atoms with Gasteiger partial charge >= 0.3 is 5.63 Å². The van der Waals surface area contributed by atoms with Crippen LogP contribution >= 0.6 is 0 Å². The first-order valence-corrected chi connectivity index (χ1v) is 10.0. The molecule has 1 N–H and O–H groups in total. The summed E-state index contributed by atoms with van der Waals surface area (Å²) in [5.41, 5.74) is 5.89. The Labute approximate surface area is 169 Å². The first-order valence-electron chi connectivity index (χ1n) is 10.0. The van der Waals surface area contributed by atoms with E-state index < -0.39 is 0 Å². The highest BCUT2D eigenvalue weighted by molar-refractivity contribution is 5.92. The van der Waals surface area contributed by atoms with E-state index in [-0.39, 0.29) is 18.1 Å². The Morgan fingerprint density at radius 1 is 1.03 bits per heavy atom. The lowest BCUT2D eigenvalue weighted by Crippen LogP contribution is -2.20. The number of hydrogen-bond donors (Lipinski definition) is 1. The minimum absolute atomic E-state index is 0.117. The molecule has 3 aromatic rings. The summed E-state index contributed by atoms with van der Waals surface area (Å²) in [6.45, 7) is 5.72. The maximum Gasteiger partial charge on any atom is 0.339 e. The summed E-state index contributed by atoms with van der Waals surface area (Å²) >= 11 is 0. The van der Waals surface area contributed by atoms with E-state index >= 15 is 0 Å². The van der Waals surface area contributed by atoms with Gasteiger partial charge in [0, 0.05) is 22.2 Å². The molecule has 0 saturated heterocycles. The van der Waals surface area contributed by atoms with E-state index in [9.17, 15) is 9.59 Å². The van der Waals surface area contributed by atoms with Crippen LogP contribution in [0.4, 0.5) is 5.69 Å². The number of anilines is 1. The molecule has 0 aliphatic heterocycles. The zero-order chi connectivity index (χ0) is 20.5. The molecule has 5 heteroatoms. The lowest BCUT2D eigenvalue weighted by atomic mass is 9.90. The van der Waals surface area contributed by atoms with Gasteiger partial charge in [0.2, 0.25) is 0 Å². The van der Waals surface area contributed by atoms with Gasteiger partial charge in [-0.2, -0.15) is 0 Å². The van der Waals surface area contributed by atoms with Crippen LogP contribution in [0.1, 0.15) is 40.7 Å². The molecule has 1 aliphatic rings. The Morgan fingerprint density at radius 2 is 1.72 bits per heavy atom. The molecule has 0 fully saturated rings. The van der Waals surface area contributed by atoms with Gasteiger partial charge in [0.25, 0.3) is 5.91 Å². The van der Waals surface area contributed by atoms with E-state index in [4.69, 9.17) is 9.15 Å². The number of amides is 1. The summed E-state index contributed by atoms with van der Waals surface area (Å²) in [4.78, 5) is 24.7. The van der Waals surface area contributed by atoms with Crippen LogP contribution in [0, 0.1) is 20.8 Å². The molecule has 0 atom stereocenters.